The van der Waals surface area contributed by atoms with Crippen LogP contribution in [0.1, 0.15) is 26.0 Å². The second-order valence-corrected chi connectivity index (χ2v) is 6.71. The van der Waals surface area contributed by atoms with Gasteiger partial charge in [-0.25, -0.2) is 0 Å². The molecule has 0 radical (unpaired) electrons. The van der Waals surface area contributed by atoms with Crippen LogP contribution in [0.2, 0.25) is 0 Å². The molecule has 0 saturated carbocycles. The molecule has 3 rings (SSSR count). The van der Waals surface area contributed by atoms with Crippen molar-refractivity contribution in [2.45, 2.75) is 6.92 Å². The van der Waals surface area contributed by atoms with E-state index < -0.39 is 11.8 Å². The van der Waals surface area contributed by atoms with Crippen molar-refractivity contribution < 1.29 is 23.3 Å². The van der Waals surface area contributed by atoms with E-state index in [-0.39, 0.29) is 24.0 Å². The second kappa shape index (κ2) is 7.87. The second-order valence-electron chi connectivity index (χ2n) is 5.63. The van der Waals surface area contributed by atoms with Gasteiger partial charge in [0.25, 0.3) is 11.8 Å². The first-order valence-electron chi connectivity index (χ1n) is 7.85. The van der Waals surface area contributed by atoms with E-state index in [1.807, 2.05) is 0 Å². The van der Waals surface area contributed by atoms with Crippen LogP contribution in [-0.4, -0.2) is 41.4 Å². The molecule has 3 aromatic heterocycles. The number of nitrogens with one attached hydrogen (secondary N) is 2. The van der Waals surface area contributed by atoms with E-state index >= 15 is 0 Å². The van der Waals surface area contributed by atoms with Gasteiger partial charge < -0.3 is 24.5 Å². The molecule has 0 aliphatic heterocycles. The fourth-order valence-corrected chi connectivity index (χ4v) is 3.08. The number of carbonyl (C=O) groups excluding carboxylic acids is 3. The fourth-order valence-electron chi connectivity index (χ4n) is 2.18. The van der Waals surface area contributed by atoms with Crippen molar-refractivity contribution in [1.82, 2.24) is 10.1 Å². The third-order valence-corrected chi connectivity index (χ3v) is 4.41. The summed E-state index contributed by atoms with van der Waals surface area (Å²) in [4.78, 5) is 38.1. The van der Waals surface area contributed by atoms with Crippen LogP contribution in [0.5, 0.6) is 0 Å². The Kier molecular flexibility index (Phi) is 5.36. The van der Waals surface area contributed by atoms with Crippen LogP contribution in [0.25, 0.3) is 0 Å². The van der Waals surface area contributed by atoms with Crippen LogP contribution in [0, 0.1) is 6.92 Å². The number of hydrogen-bond donors (Lipinski definition) is 2. The Bertz CT molecular complexity index is 960. The topological polar surface area (TPSA) is 118 Å². The van der Waals surface area contributed by atoms with E-state index in [0.717, 1.165) is 11.3 Å². The summed E-state index contributed by atoms with van der Waals surface area (Å²) in [6.07, 6.45) is 1.40. The van der Waals surface area contributed by atoms with Crippen molar-refractivity contribution in [3.8, 4) is 0 Å². The SMILES string of the molecule is Cc1cc(NC(=O)CN(C)C(=O)c2ccc(NC(=O)c3ccco3)s2)no1. The summed E-state index contributed by atoms with van der Waals surface area (Å²) in [6.45, 7) is 1.55. The number of carbonyl (C=O) groups is 3. The summed E-state index contributed by atoms with van der Waals surface area (Å²) in [6, 6.07) is 7.92. The predicted molar refractivity (Wildman–Crippen MR) is 97.8 cm³/mol. The third-order valence-electron chi connectivity index (χ3n) is 3.42. The maximum atomic E-state index is 12.5. The lowest BCUT2D eigenvalue weighted by Crippen LogP contribution is -2.34. The maximum absolute atomic E-state index is 12.5. The van der Waals surface area contributed by atoms with Gasteiger partial charge in [-0.2, -0.15) is 0 Å². The average Bonchev–Trinajstić information content (AvgIpc) is 3.36. The van der Waals surface area contributed by atoms with Gasteiger partial charge in [0.15, 0.2) is 11.6 Å². The van der Waals surface area contributed by atoms with Gasteiger partial charge in [-0.15, -0.1) is 11.3 Å². The highest BCUT2D eigenvalue weighted by molar-refractivity contribution is 7.18. The first-order valence-corrected chi connectivity index (χ1v) is 8.67. The largest absolute Gasteiger partial charge is 0.459 e. The highest BCUT2D eigenvalue weighted by Crippen LogP contribution is 2.23. The molecule has 3 amide bonds. The van der Waals surface area contributed by atoms with Gasteiger partial charge in [-0.1, -0.05) is 5.16 Å². The van der Waals surface area contributed by atoms with Crippen molar-refractivity contribution in [2.75, 3.05) is 24.2 Å². The molecule has 0 aliphatic carbocycles. The Balaban J connectivity index is 1.56. The molecule has 2 N–H and O–H groups in total. The molecule has 0 bridgehead atoms. The van der Waals surface area contributed by atoms with Gasteiger partial charge in [0.2, 0.25) is 5.91 Å². The molecular formula is C17H16N4O5S. The van der Waals surface area contributed by atoms with Crippen LogP contribution in [0.4, 0.5) is 10.8 Å². The number of anilines is 2. The fraction of sp³-hybridized carbons (Fsp3) is 0.176. The van der Waals surface area contributed by atoms with Gasteiger partial charge in [0.05, 0.1) is 22.7 Å². The Labute approximate surface area is 157 Å². The Hall–Kier alpha value is -3.40. The molecular weight excluding hydrogens is 372 g/mol. The van der Waals surface area contributed by atoms with Crippen LogP contribution in [-0.2, 0) is 4.79 Å². The molecule has 10 heteroatoms. The monoisotopic (exact) mass is 388 g/mol. The highest BCUT2D eigenvalue weighted by Gasteiger charge is 2.19. The molecule has 0 aliphatic rings. The number of likely N-dealkylation sites (N-methyl/N-ethyl adjacent to an activating group) is 1. The van der Waals surface area contributed by atoms with Crippen LogP contribution >= 0.6 is 11.3 Å². The Morgan fingerprint density at radius 3 is 2.70 bits per heavy atom. The number of thiophene rings is 1. The zero-order valence-electron chi connectivity index (χ0n) is 14.5. The number of hydrogen-bond acceptors (Lipinski definition) is 7. The number of furan rings is 1. The number of nitrogens with zero attached hydrogens (tertiary/aromatic N) is 2. The minimum absolute atomic E-state index is 0.156. The lowest BCUT2D eigenvalue weighted by molar-refractivity contribution is -0.116. The summed E-state index contributed by atoms with van der Waals surface area (Å²) >= 11 is 1.11. The van der Waals surface area contributed by atoms with Crippen molar-refractivity contribution in [3.05, 3.63) is 53.0 Å². The molecule has 9 nitrogen and oxygen atoms in total. The van der Waals surface area contributed by atoms with Crippen LogP contribution in [0.15, 0.2) is 45.5 Å². The standard InChI is InChI=1S/C17H16N4O5S/c1-10-8-13(20-26-10)18-14(22)9-21(2)17(24)12-5-6-15(27-12)19-16(23)11-4-3-7-25-11/h3-8H,9H2,1-2H3,(H,19,23)(H,18,20,22). The quantitative estimate of drug-likeness (QED) is 0.670. The normalized spacial score (nSPS) is 10.4. The van der Waals surface area contributed by atoms with Crippen molar-refractivity contribution >= 4 is 39.9 Å². The molecule has 27 heavy (non-hydrogen) atoms. The van der Waals surface area contributed by atoms with E-state index in [1.165, 1.54) is 24.3 Å². The molecule has 0 unspecified atom stereocenters. The van der Waals surface area contributed by atoms with Crippen molar-refractivity contribution in [1.29, 1.82) is 0 Å². The molecule has 0 fully saturated rings. The third kappa shape index (κ3) is 4.61. The van der Waals surface area contributed by atoms with Gasteiger partial charge in [0.1, 0.15) is 5.76 Å². The van der Waals surface area contributed by atoms with E-state index in [4.69, 9.17) is 8.94 Å². The molecule has 0 atom stereocenters. The summed E-state index contributed by atoms with van der Waals surface area (Å²) in [5.74, 6) is -0.119. The van der Waals surface area contributed by atoms with Gasteiger partial charge in [0, 0.05) is 13.1 Å². The predicted octanol–water partition coefficient (Wildman–Crippen LogP) is 2.60. The molecule has 0 saturated heterocycles. The van der Waals surface area contributed by atoms with Crippen LogP contribution < -0.4 is 10.6 Å². The van der Waals surface area contributed by atoms with E-state index in [1.54, 1.807) is 31.2 Å². The van der Waals surface area contributed by atoms with Gasteiger partial charge in [-0.05, 0) is 31.2 Å². The first kappa shape index (κ1) is 18.4. The number of aryl methyl sites for hydroxylation is 1. The summed E-state index contributed by atoms with van der Waals surface area (Å²) in [5.41, 5.74) is 0. The maximum Gasteiger partial charge on any atom is 0.291 e. The Morgan fingerprint density at radius 1 is 1.22 bits per heavy atom. The smallest absolute Gasteiger partial charge is 0.291 e. The average molecular weight is 388 g/mol. The number of amides is 3. The number of aromatic nitrogens is 1. The number of rotatable bonds is 6. The first-order chi connectivity index (χ1) is 12.9. The highest BCUT2D eigenvalue weighted by atomic mass is 32.1. The van der Waals surface area contributed by atoms with Crippen molar-refractivity contribution in [3.63, 3.8) is 0 Å². The minimum atomic E-state index is -0.406. The molecule has 0 spiro atoms. The zero-order chi connectivity index (χ0) is 19.4. The zero-order valence-corrected chi connectivity index (χ0v) is 15.3. The van der Waals surface area contributed by atoms with Gasteiger partial charge >= 0.3 is 0 Å². The van der Waals surface area contributed by atoms with Gasteiger partial charge in [-0.3, -0.25) is 14.4 Å². The molecule has 140 valence electrons. The minimum Gasteiger partial charge on any atom is -0.459 e. The summed E-state index contributed by atoms with van der Waals surface area (Å²) < 4.78 is 9.88. The molecule has 3 aromatic rings. The lowest BCUT2D eigenvalue weighted by Gasteiger charge is -2.15. The Morgan fingerprint density at radius 2 is 2.04 bits per heavy atom. The summed E-state index contributed by atoms with van der Waals surface area (Å²) in [7, 11) is 1.51. The van der Waals surface area contributed by atoms with E-state index in [0.29, 0.717) is 15.6 Å². The lowest BCUT2D eigenvalue weighted by atomic mass is 10.4. The molecule has 3 heterocycles. The molecule has 0 aromatic carbocycles. The van der Waals surface area contributed by atoms with E-state index in [2.05, 4.69) is 15.8 Å². The van der Waals surface area contributed by atoms with Crippen LogP contribution in [0.3, 0.4) is 0 Å². The summed E-state index contributed by atoms with van der Waals surface area (Å²) in [5, 5.41) is 9.35. The van der Waals surface area contributed by atoms with E-state index in [9.17, 15) is 14.4 Å². The van der Waals surface area contributed by atoms with Crippen molar-refractivity contribution in [2.24, 2.45) is 0 Å².